The molecule has 0 aliphatic rings. The van der Waals surface area contributed by atoms with Crippen molar-refractivity contribution in [3.8, 4) is 11.1 Å². The van der Waals surface area contributed by atoms with E-state index in [1.807, 2.05) is 23.8 Å². The third kappa shape index (κ3) is 3.07. The number of nitrogens with zero attached hydrogens (tertiary/aromatic N) is 2. The summed E-state index contributed by atoms with van der Waals surface area (Å²) in [4.78, 5) is 4.42. The fourth-order valence-corrected chi connectivity index (χ4v) is 2.91. The Labute approximate surface area is 143 Å². The Hall–Kier alpha value is -1.62. The lowest BCUT2D eigenvalue weighted by atomic mass is 10.1. The van der Waals surface area contributed by atoms with E-state index in [1.54, 1.807) is 25.3 Å². The van der Waals surface area contributed by atoms with Gasteiger partial charge in [-0.05, 0) is 36.8 Å². The molecule has 0 saturated carbocycles. The lowest BCUT2D eigenvalue weighted by Crippen LogP contribution is -2.10. The number of ether oxygens (including phenoxy) is 1. The summed E-state index contributed by atoms with van der Waals surface area (Å²) in [5, 5.41) is 1.42. The molecule has 0 bridgehead atoms. The summed E-state index contributed by atoms with van der Waals surface area (Å²) >= 11 is 11.8. The average Bonchev–Trinajstić information content (AvgIpc) is 2.89. The van der Waals surface area contributed by atoms with E-state index in [9.17, 15) is 4.39 Å². The normalized spacial score (nSPS) is 12.7. The molecule has 2 aromatic heterocycles. The van der Waals surface area contributed by atoms with Crippen molar-refractivity contribution in [3.05, 3.63) is 52.5 Å². The highest BCUT2D eigenvalue weighted by Crippen LogP contribution is 2.34. The van der Waals surface area contributed by atoms with Crippen LogP contribution in [0.5, 0.6) is 0 Å². The predicted molar refractivity (Wildman–Crippen MR) is 91.7 cm³/mol. The molecule has 3 rings (SSSR count). The Morgan fingerprint density at radius 2 is 2.04 bits per heavy atom. The molecule has 0 amide bonds. The fourth-order valence-electron chi connectivity index (χ4n) is 2.65. The zero-order valence-electron chi connectivity index (χ0n) is 12.7. The minimum absolute atomic E-state index is 0.0689. The zero-order chi connectivity index (χ0) is 16.6. The van der Waals surface area contributed by atoms with E-state index in [1.165, 1.54) is 6.07 Å². The molecule has 1 aromatic carbocycles. The van der Waals surface area contributed by atoms with Gasteiger partial charge in [-0.1, -0.05) is 29.3 Å². The lowest BCUT2D eigenvalue weighted by Gasteiger charge is -2.13. The number of benzene rings is 1. The van der Waals surface area contributed by atoms with Gasteiger partial charge in [0.1, 0.15) is 16.6 Å². The van der Waals surface area contributed by atoms with Gasteiger partial charge in [0.05, 0.1) is 17.7 Å². The summed E-state index contributed by atoms with van der Waals surface area (Å²) in [5.41, 5.74) is 2.36. The van der Waals surface area contributed by atoms with Crippen LogP contribution in [0, 0.1) is 5.82 Å². The number of rotatable bonds is 4. The molecule has 0 spiro atoms. The van der Waals surface area contributed by atoms with Gasteiger partial charge in [0.15, 0.2) is 0 Å². The number of aromatic nitrogens is 2. The Balaban J connectivity index is 2.22. The number of pyridine rings is 1. The van der Waals surface area contributed by atoms with Crippen molar-refractivity contribution < 1.29 is 9.13 Å². The van der Waals surface area contributed by atoms with Gasteiger partial charge in [-0.25, -0.2) is 9.37 Å². The molecule has 2 heterocycles. The summed E-state index contributed by atoms with van der Waals surface area (Å²) in [6.45, 7) is 2.56. The summed E-state index contributed by atoms with van der Waals surface area (Å²) in [5.74, 6) is -0.447. The van der Waals surface area contributed by atoms with Crippen LogP contribution in [0.4, 0.5) is 4.39 Å². The second-order valence-electron chi connectivity index (χ2n) is 5.39. The molecule has 0 radical (unpaired) electrons. The minimum atomic E-state index is -0.447. The van der Waals surface area contributed by atoms with Crippen LogP contribution < -0.4 is 0 Å². The maximum Gasteiger partial charge on any atom is 0.142 e. The predicted octanol–water partition coefficient (Wildman–Crippen LogP) is 5.36. The van der Waals surface area contributed by atoms with Crippen molar-refractivity contribution in [2.75, 3.05) is 13.7 Å². The first kappa shape index (κ1) is 16.2. The van der Waals surface area contributed by atoms with E-state index in [0.29, 0.717) is 11.8 Å². The van der Waals surface area contributed by atoms with Crippen molar-refractivity contribution in [1.82, 2.24) is 9.55 Å². The van der Waals surface area contributed by atoms with E-state index in [2.05, 4.69) is 4.98 Å². The molecule has 0 N–H and O–H groups in total. The van der Waals surface area contributed by atoms with Crippen LogP contribution in [0.2, 0.25) is 10.2 Å². The second kappa shape index (κ2) is 6.48. The highest BCUT2D eigenvalue weighted by molar-refractivity contribution is 6.31. The quantitative estimate of drug-likeness (QED) is 0.591. The maximum absolute atomic E-state index is 13.8. The third-order valence-electron chi connectivity index (χ3n) is 3.76. The third-order valence-corrected chi connectivity index (χ3v) is 4.27. The van der Waals surface area contributed by atoms with Gasteiger partial charge < -0.3 is 9.30 Å². The molecule has 23 heavy (non-hydrogen) atoms. The molecule has 3 aromatic rings. The van der Waals surface area contributed by atoms with Gasteiger partial charge >= 0.3 is 0 Å². The number of methoxy groups -OCH3 is 1. The molecular weight excluding hydrogens is 338 g/mol. The molecule has 6 heteroatoms. The van der Waals surface area contributed by atoms with Gasteiger partial charge in [-0.2, -0.15) is 0 Å². The summed E-state index contributed by atoms with van der Waals surface area (Å²) < 4.78 is 21.0. The van der Waals surface area contributed by atoms with Crippen LogP contribution in [0.15, 0.2) is 36.5 Å². The average molecular weight is 353 g/mol. The van der Waals surface area contributed by atoms with Crippen molar-refractivity contribution in [2.24, 2.45) is 0 Å². The van der Waals surface area contributed by atoms with E-state index in [4.69, 9.17) is 27.9 Å². The van der Waals surface area contributed by atoms with E-state index in [0.717, 1.165) is 22.2 Å². The molecule has 120 valence electrons. The van der Waals surface area contributed by atoms with Gasteiger partial charge in [0.2, 0.25) is 0 Å². The maximum atomic E-state index is 13.8. The zero-order valence-corrected chi connectivity index (χ0v) is 14.2. The topological polar surface area (TPSA) is 27.1 Å². The summed E-state index contributed by atoms with van der Waals surface area (Å²) in [6, 6.07) is 8.46. The second-order valence-corrected chi connectivity index (χ2v) is 6.18. The Morgan fingerprint density at radius 3 is 2.74 bits per heavy atom. The van der Waals surface area contributed by atoms with Crippen molar-refractivity contribution in [1.29, 1.82) is 0 Å². The lowest BCUT2D eigenvalue weighted by molar-refractivity contribution is 0.164. The van der Waals surface area contributed by atoms with Crippen molar-refractivity contribution >= 4 is 34.2 Å². The first-order chi connectivity index (χ1) is 11.0. The largest absolute Gasteiger partial charge is 0.383 e. The standard InChI is InChI=1S/C17H15Cl2FN2O/c1-10(9-23-2)22-8-13(11-3-5-14(18)15(20)7-11)12-4-6-16(19)21-17(12)22/h3-8,10H,9H2,1-2H3. The number of halogens is 3. The first-order valence-electron chi connectivity index (χ1n) is 7.12. The van der Waals surface area contributed by atoms with E-state index >= 15 is 0 Å². The van der Waals surface area contributed by atoms with Crippen LogP contribution in [-0.4, -0.2) is 23.3 Å². The van der Waals surface area contributed by atoms with Crippen LogP contribution in [0.3, 0.4) is 0 Å². The van der Waals surface area contributed by atoms with Gasteiger partial charge in [-0.3, -0.25) is 0 Å². The van der Waals surface area contributed by atoms with Gasteiger partial charge in [0.25, 0.3) is 0 Å². The van der Waals surface area contributed by atoms with Crippen LogP contribution in [0.25, 0.3) is 22.2 Å². The van der Waals surface area contributed by atoms with Gasteiger partial charge in [0, 0.05) is 24.3 Å². The van der Waals surface area contributed by atoms with E-state index in [-0.39, 0.29) is 11.1 Å². The number of hydrogen-bond acceptors (Lipinski definition) is 2. The molecule has 0 aliphatic heterocycles. The molecule has 0 aliphatic carbocycles. The molecule has 1 unspecified atom stereocenters. The Bertz CT molecular complexity index is 863. The fraction of sp³-hybridized carbons (Fsp3) is 0.235. The van der Waals surface area contributed by atoms with Gasteiger partial charge in [-0.15, -0.1) is 0 Å². The molecule has 0 saturated heterocycles. The monoisotopic (exact) mass is 352 g/mol. The number of hydrogen-bond donors (Lipinski definition) is 0. The summed E-state index contributed by atoms with van der Waals surface area (Å²) in [6.07, 6.45) is 1.94. The molecule has 1 atom stereocenters. The smallest absolute Gasteiger partial charge is 0.142 e. The minimum Gasteiger partial charge on any atom is -0.383 e. The summed E-state index contributed by atoms with van der Waals surface area (Å²) in [7, 11) is 1.65. The van der Waals surface area contributed by atoms with Crippen LogP contribution in [0.1, 0.15) is 13.0 Å². The van der Waals surface area contributed by atoms with Crippen molar-refractivity contribution in [3.63, 3.8) is 0 Å². The number of fused-ring (bicyclic) bond motifs is 1. The van der Waals surface area contributed by atoms with Crippen LogP contribution >= 0.6 is 23.2 Å². The Kier molecular flexibility index (Phi) is 4.57. The first-order valence-corrected chi connectivity index (χ1v) is 7.88. The SMILES string of the molecule is COCC(C)n1cc(-c2ccc(Cl)c(F)c2)c2ccc(Cl)nc21. The van der Waals surface area contributed by atoms with Crippen LogP contribution in [-0.2, 0) is 4.74 Å². The molecule has 0 fully saturated rings. The molecule has 3 nitrogen and oxygen atoms in total. The highest BCUT2D eigenvalue weighted by Gasteiger charge is 2.16. The highest BCUT2D eigenvalue weighted by atomic mass is 35.5. The Morgan fingerprint density at radius 1 is 1.26 bits per heavy atom. The van der Waals surface area contributed by atoms with Crippen molar-refractivity contribution in [2.45, 2.75) is 13.0 Å². The molecular formula is C17H15Cl2FN2O. The van der Waals surface area contributed by atoms with E-state index < -0.39 is 5.82 Å².